The van der Waals surface area contributed by atoms with Gasteiger partial charge in [0.1, 0.15) is 25.4 Å². The number of benzene rings is 1. The van der Waals surface area contributed by atoms with Gasteiger partial charge in [0.05, 0.1) is 30.4 Å². The van der Waals surface area contributed by atoms with E-state index in [0.29, 0.717) is 29.9 Å². The van der Waals surface area contributed by atoms with E-state index < -0.39 is 11.7 Å². The van der Waals surface area contributed by atoms with Crippen molar-refractivity contribution in [3.05, 3.63) is 65.4 Å². The fraction of sp³-hybridized carbons (Fsp3) is 0.375. The Morgan fingerprint density at radius 1 is 1.18 bits per heavy atom. The van der Waals surface area contributed by atoms with Crippen molar-refractivity contribution in [2.24, 2.45) is 4.99 Å². The summed E-state index contributed by atoms with van der Waals surface area (Å²) in [6, 6.07) is 8.17. The van der Waals surface area contributed by atoms with Crippen molar-refractivity contribution < 1.29 is 17.9 Å². The summed E-state index contributed by atoms with van der Waals surface area (Å²) >= 11 is 0. The highest BCUT2D eigenvalue weighted by atomic mass is 19.4. The SMILES string of the molecule is Bc1ccc([C@H]2CCCN3CC(c4ccc(-n5cnc(C)c5)c(OC)n4)N=C23)c(C(F)(F)F)c1. The lowest BCUT2D eigenvalue weighted by molar-refractivity contribution is -0.138. The fourth-order valence-corrected chi connectivity index (χ4v) is 4.92. The first-order valence-corrected chi connectivity index (χ1v) is 11.3. The summed E-state index contributed by atoms with van der Waals surface area (Å²) < 4.78 is 48.9. The molecule has 0 saturated carbocycles. The fourth-order valence-electron chi connectivity index (χ4n) is 4.92. The van der Waals surface area contributed by atoms with Gasteiger partial charge in [-0.3, -0.25) is 4.99 Å². The van der Waals surface area contributed by atoms with Gasteiger partial charge in [0.15, 0.2) is 0 Å². The van der Waals surface area contributed by atoms with Gasteiger partial charge in [-0.15, -0.1) is 0 Å². The zero-order valence-corrected chi connectivity index (χ0v) is 19.3. The van der Waals surface area contributed by atoms with Crippen LogP contribution in [-0.4, -0.2) is 53.3 Å². The molecular formula is C24H25BF3N5O. The lowest BCUT2D eigenvalue weighted by Crippen LogP contribution is -2.38. The van der Waals surface area contributed by atoms with Crippen molar-refractivity contribution in [2.75, 3.05) is 20.2 Å². The lowest BCUT2D eigenvalue weighted by Gasteiger charge is -2.33. The Balaban J connectivity index is 1.50. The maximum atomic E-state index is 13.8. The Hall–Kier alpha value is -3.30. The molecule has 34 heavy (non-hydrogen) atoms. The van der Waals surface area contributed by atoms with Crippen LogP contribution < -0.4 is 10.2 Å². The van der Waals surface area contributed by atoms with E-state index in [1.54, 1.807) is 33.4 Å². The molecule has 2 aliphatic heterocycles. The van der Waals surface area contributed by atoms with Crippen LogP contribution >= 0.6 is 0 Å². The van der Waals surface area contributed by atoms with E-state index in [4.69, 9.17) is 14.7 Å². The van der Waals surface area contributed by atoms with E-state index in [9.17, 15) is 13.2 Å². The molecule has 0 aliphatic carbocycles. The van der Waals surface area contributed by atoms with Crippen LogP contribution in [0.4, 0.5) is 13.2 Å². The van der Waals surface area contributed by atoms with E-state index in [1.807, 2.05) is 29.8 Å². The Kier molecular flexibility index (Phi) is 5.61. The van der Waals surface area contributed by atoms with E-state index in [2.05, 4.69) is 9.88 Å². The van der Waals surface area contributed by atoms with Gasteiger partial charge in [0.25, 0.3) is 0 Å². The Bertz CT molecular complexity index is 1260. The third kappa shape index (κ3) is 4.06. The van der Waals surface area contributed by atoms with Crippen LogP contribution in [-0.2, 0) is 6.18 Å². The second-order valence-corrected chi connectivity index (χ2v) is 8.92. The summed E-state index contributed by atoms with van der Waals surface area (Å²) in [5, 5.41) is 0. The number of methoxy groups -OCH3 is 1. The predicted octanol–water partition coefficient (Wildman–Crippen LogP) is 3.19. The molecule has 0 amide bonds. The monoisotopic (exact) mass is 467 g/mol. The number of fused-ring (bicyclic) bond motifs is 1. The predicted molar refractivity (Wildman–Crippen MR) is 126 cm³/mol. The Morgan fingerprint density at radius 3 is 2.71 bits per heavy atom. The van der Waals surface area contributed by atoms with Crippen molar-refractivity contribution in [3.63, 3.8) is 0 Å². The maximum absolute atomic E-state index is 13.8. The number of alkyl halides is 3. The van der Waals surface area contributed by atoms with E-state index in [-0.39, 0.29) is 12.0 Å². The summed E-state index contributed by atoms with van der Waals surface area (Å²) in [6.07, 6.45) is 0.647. The number of aromatic nitrogens is 3. The number of aliphatic imine (C=N–C) groups is 1. The number of imidazole rings is 1. The van der Waals surface area contributed by atoms with Crippen LogP contribution in [0, 0.1) is 6.92 Å². The second-order valence-electron chi connectivity index (χ2n) is 8.92. The van der Waals surface area contributed by atoms with E-state index >= 15 is 0 Å². The van der Waals surface area contributed by atoms with Crippen molar-refractivity contribution in [1.29, 1.82) is 0 Å². The molecule has 5 rings (SSSR count). The third-order valence-electron chi connectivity index (χ3n) is 6.51. The zero-order chi connectivity index (χ0) is 24.0. The lowest BCUT2D eigenvalue weighted by atomic mass is 9.83. The highest BCUT2D eigenvalue weighted by Crippen LogP contribution is 2.41. The molecule has 176 valence electrons. The topological polar surface area (TPSA) is 55.5 Å². The van der Waals surface area contributed by atoms with E-state index in [0.717, 1.165) is 35.9 Å². The number of aryl methyl sites for hydroxylation is 1. The molecule has 2 atom stereocenters. The summed E-state index contributed by atoms with van der Waals surface area (Å²) in [6.45, 7) is 3.28. The minimum atomic E-state index is -4.40. The van der Waals surface area contributed by atoms with Gasteiger partial charge in [-0.2, -0.15) is 13.2 Å². The molecule has 1 fully saturated rings. The van der Waals surface area contributed by atoms with Gasteiger partial charge >= 0.3 is 6.18 Å². The van der Waals surface area contributed by atoms with E-state index in [1.165, 1.54) is 6.07 Å². The molecule has 2 aromatic heterocycles. The van der Waals surface area contributed by atoms with Crippen LogP contribution in [0.3, 0.4) is 0 Å². The van der Waals surface area contributed by atoms with Gasteiger partial charge in [0.2, 0.25) is 5.88 Å². The maximum Gasteiger partial charge on any atom is 0.416 e. The Labute approximate surface area is 196 Å². The molecular weight excluding hydrogens is 442 g/mol. The summed E-state index contributed by atoms with van der Waals surface area (Å²) in [7, 11) is 3.25. The van der Waals surface area contributed by atoms with Gasteiger partial charge in [0, 0.05) is 25.2 Å². The number of amidine groups is 1. The summed E-state index contributed by atoms with van der Waals surface area (Å²) in [5.74, 6) is 0.793. The first kappa shape index (κ1) is 22.5. The average Bonchev–Trinajstić information content (AvgIpc) is 3.44. The number of halogens is 3. The average molecular weight is 467 g/mol. The molecule has 1 aromatic carbocycles. The molecule has 0 radical (unpaired) electrons. The Morgan fingerprint density at radius 2 is 2.00 bits per heavy atom. The summed E-state index contributed by atoms with van der Waals surface area (Å²) in [4.78, 5) is 16.0. The second kappa shape index (κ2) is 8.49. The number of hydrogen-bond acceptors (Lipinski definition) is 5. The third-order valence-corrected chi connectivity index (χ3v) is 6.51. The van der Waals surface area contributed by atoms with Gasteiger partial charge in [-0.1, -0.05) is 23.7 Å². The number of ether oxygens (including phenoxy) is 1. The first-order chi connectivity index (χ1) is 16.2. The molecule has 4 heterocycles. The van der Waals surface area contributed by atoms with Crippen LogP contribution in [0.15, 0.2) is 47.8 Å². The van der Waals surface area contributed by atoms with Gasteiger partial charge in [-0.05, 0) is 37.5 Å². The normalized spacial score (nSPS) is 20.3. The highest BCUT2D eigenvalue weighted by Gasteiger charge is 2.41. The number of nitrogens with zero attached hydrogens (tertiary/aromatic N) is 5. The van der Waals surface area contributed by atoms with Gasteiger partial charge < -0.3 is 14.2 Å². The molecule has 1 unspecified atom stereocenters. The van der Waals surface area contributed by atoms with Crippen LogP contribution in [0.25, 0.3) is 5.69 Å². The number of rotatable bonds is 4. The highest BCUT2D eigenvalue weighted by molar-refractivity contribution is 6.32. The van der Waals surface area contributed by atoms with Crippen molar-refractivity contribution in [3.8, 4) is 11.6 Å². The standard InChI is InChI=1S/C24H25BF3N5O/c1-14-11-33(13-29-14)21-8-7-19(31-23(21)34-2)20-12-32-9-3-4-17(22(32)30-20)16-6-5-15(25)10-18(16)24(26,27)28/h5-8,10-11,13,17,20H,3-4,9,12,25H2,1-2H3/t17-,20?/m1/s1. The largest absolute Gasteiger partial charge is 0.479 e. The molecule has 0 bridgehead atoms. The minimum Gasteiger partial charge on any atom is -0.479 e. The van der Waals surface area contributed by atoms with Crippen LogP contribution in [0.1, 0.15) is 47.3 Å². The van der Waals surface area contributed by atoms with Crippen molar-refractivity contribution in [1.82, 2.24) is 19.4 Å². The first-order valence-electron chi connectivity index (χ1n) is 11.3. The zero-order valence-electron chi connectivity index (χ0n) is 19.3. The number of hydrogen-bond donors (Lipinski definition) is 0. The number of pyridine rings is 1. The molecule has 3 aromatic rings. The van der Waals surface area contributed by atoms with Crippen molar-refractivity contribution in [2.45, 2.75) is 37.9 Å². The van der Waals surface area contributed by atoms with Crippen molar-refractivity contribution >= 4 is 19.1 Å². The molecule has 1 saturated heterocycles. The quantitative estimate of drug-likeness (QED) is 0.554. The number of piperidine rings is 1. The minimum absolute atomic E-state index is 0.261. The molecule has 10 heteroatoms. The molecule has 2 aliphatic rings. The van der Waals surface area contributed by atoms with Crippen LogP contribution in [0.5, 0.6) is 5.88 Å². The molecule has 6 nitrogen and oxygen atoms in total. The summed E-state index contributed by atoms with van der Waals surface area (Å²) in [5.41, 5.74) is 2.72. The van der Waals surface area contributed by atoms with Gasteiger partial charge in [-0.25, -0.2) is 9.97 Å². The molecule has 0 spiro atoms. The van der Waals surface area contributed by atoms with Crippen LogP contribution in [0.2, 0.25) is 0 Å². The smallest absolute Gasteiger partial charge is 0.416 e. The molecule has 0 N–H and O–H groups in total.